The molecule has 0 aromatic heterocycles. The number of ether oxygens (including phenoxy) is 2. The summed E-state index contributed by atoms with van der Waals surface area (Å²) in [5.41, 5.74) is 2.26. The number of likely N-dealkylation sites (tertiary alicyclic amines) is 1. The second-order valence-electron chi connectivity index (χ2n) is 8.53. The van der Waals surface area contributed by atoms with Crippen molar-refractivity contribution in [3.63, 3.8) is 0 Å². The van der Waals surface area contributed by atoms with E-state index in [0.29, 0.717) is 16.8 Å². The van der Waals surface area contributed by atoms with Crippen LogP contribution in [0.2, 0.25) is 0 Å². The summed E-state index contributed by atoms with van der Waals surface area (Å²) in [6.45, 7) is 3.05. The topological polar surface area (TPSA) is 99.3 Å². The third-order valence-electron chi connectivity index (χ3n) is 6.69. The van der Waals surface area contributed by atoms with Crippen LogP contribution in [0.1, 0.15) is 24.8 Å². The van der Waals surface area contributed by atoms with Gasteiger partial charge in [-0.2, -0.15) is 5.26 Å². The Labute approximate surface area is 191 Å². The Balaban J connectivity index is 1.34. The number of thioether (sulfide) groups is 1. The number of nitriles is 1. The number of amides is 2. The molecule has 4 aliphatic rings. The molecule has 1 N–H and O–H groups in total. The van der Waals surface area contributed by atoms with Crippen LogP contribution in [0.25, 0.3) is 5.57 Å². The van der Waals surface area contributed by atoms with E-state index in [-0.39, 0.29) is 22.7 Å². The van der Waals surface area contributed by atoms with Gasteiger partial charge in [0.25, 0.3) is 0 Å². The standard InChI is InChI=1S/C23H25N5O3S/c1-30-20-18-19(17(16(13-24)25-20)15-5-3-2-4-6-15)32-21(26-18)27-22(29)28-10-7-23(14-28)8-11-31-12-9-23/h2-6,18-19H,7-12,14H2,1H3,(H,26,27,29). The van der Waals surface area contributed by atoms with E-state index in [1.165, 1.54) is 18.9 Å². The lowest BCUT2D eigenvalue weighted by molar-refractivity contribution is 0.0209. The molecule has 0 saturated carbocycles. The molecular formula is C23H25N5O3S. The number of fused-ring (bicyclic) bond motifs is 1. The molecule has 1 aromatic rings. The second-order valence-corrected chi connectivity index (χ2v) is 9.66. The first kappa shape index (κ1) is 21.0. The van der Waals surface area contributed by atoms with Crippen molar-refractivity contribution in [1.82, 2.24) is 10.2 Å². The van der Waals surface area contributed by atoms with E-state index in [9.17, 15) is 10.1 Å². The van der Waals surface area contributed by atoms with Gasteiger partial charge in [-0.05, 0) is 30.2 Å². The first-order valence-electron chi connectivity index (χ1n) is 10.8. The largest absolute Gasteiger partial charge is 0.482 e. The number of aliphatic imine (C=N–C) groups is 2. The van der Waals surface area contributed by atoms with Crippen molar-refractivity contribution in [1.29, 1.82) is 5.26 Å². The lowest BCUT2D eigenvalue weighted by Crippen LogP contribution is -2.42. The van der Waals surface area contributed by atoms with Crippen molar-refractivity contribution < 1.29 is 14.3 Å². The maximum Gasteiger partial charge on any atom is 0.323 e. The van der Waals surface area contributed by atoms with Crippen molar-refractivity contribution in [2.45, 2.75) is 30.6 Å². The maximum atomic E-state index is 13.0. The molecule has 0 bridgehead atoms. The lowest BCUT2D eigenvalue weighted by atomic mass is 9.80. The van der Waals surface area contributed by atoms with Gasteiger partial charge in [0, 0.05) is 31.9 Å². The van der Waals surface area contributed by atoms with Crippen LogP contribution in [-0.4, -0.2) is 66.7 Å². The first-order chi connectivity index (χ1) is 15.6. The van der Waals surface area contributed by atoms with Gasteiger partial charge in [-0.15, -0.1) is 0 Å². The average Bonchev–Trinajstić information content (AvgIpc) is 3.43. The summed E-state index contributed by atoms with van der Waals surface area (Å²) < 4.78 is 11.0. The van der Waals surface area contributed by atoms with Crippen LogP contribution in [0.5, 0.6) is 0 Å². The van der Waals surface area contributed by atoms with Crippen LogP contribution in [0.4, 0.5) is 4.79 Å². The SMILES string of the molecule is COC1=NC(C#N)=C(c2ccccc2)C2SC(NC(=O)N3CCC4(CCOCC4)C3)=NC12. The second kappa shape index (κ2) is 8.60. The van der Waals surface area contributed by atoms with E-state index < -0.39 is 0 Å². The highest BCUT2D eigenvalue weighted by Gasteiger charge is 2.44. The molecule has 166 valence electrons. The van der Waals surface area contributed by atoms with Crippen LogP contribution in [0.3, 0.4) is 0 Å². The molecule has 4 aliphatic heterocycles. The quantitative estimate of drug-likeness (QED) is 0.708. The number of nitrogens with zero attached hydrogens (tertiary/aromatic N) is 4. The molecule has 2 amide bonds. The Morgan fingerprint density at radius 1 is 1.31 bits per heavy atom. The molecule has 2 unspecified atom stereocenters. The number of amidine groups is 1. The zero-order valence-corrected chi connectivity index (χ0v) is 18.7. The van der Waals surface area contributed by atoms with Crippen LogP contribution in [0.15, 0.2) is 46.0 Å². The molecule has 1 spiro atoms. The third-order valence-corrected chi connectivity index (χ3v) is 7.87. The number of allylic oxidation sites excluding steroid dienone is 1. The fraction of sp³-hybridized carbons (Fsp3) is 0.478. The molecule has 32 heavy (non-hydrogen) atoms. The van der Waals surface area contributed by atoms with Gasteiger partial charge in [0.2, 0.25) is 5.90 Å². The summed E-state index contributed by atoms with van der Waals surface area (Å²) in [7, 11) is 1.53. The number of benzene rings is 1. The van der Waals surface area contributed by atoms with Gasteiger partial charge in [-0.1, -0.05) is 42.1 Å². The highest BCUT2D eigenvalue weighted by atomic mass is 32.2. The molecule has 9 heteroatoms. The van der Waals surface area contributed by atoms with Gasteiger partial charge < -0.3 is 14.4 Å². The molecule has 5 rings (SSSR count). The highest BCUT2D eigenvalue weighted by Crippen LogP contribution is 2.43. The van der Waals surface area contributed by atoms with E-state index in [4.69, 9.17) is 14.5 Å². The number of hydrogen-bond donors (Lipinski definition) is 1. The Bertz CT molecular complexity index is 1040. The van der Waals surface area contributed by atoms with Crippen LogP contribution < -0.4 is 5.32 Å². The molecule has 2 fully saturated rings. The van der Waals surface area contributed by atoms with Gasteiger partial charge in [0.1, 0.15) is 17.8 Å². The zero-order valence-electron chi connectivity index (χ0n) is 17.9. The Kier molecular flexibility index (Phi) is 5.66. The fourth-order valence-corrected chi connectivity index (χ4v) is 6.14. The van der Waals surface area contributed by atoms with Crippen LogP contribution >= 0.6 is 11.8 Å². The fourth-order valence-electron chi connectivity index (χ4n) is 4.91. The molecule has 4 heterocycles. The zero-order chi connectivity index (χ0) is 22.1. The maximum absolute atomic E-state index is 13.0. The number of rotatable bonds is 1. The number of urea groups is 1. The highest BCUT2D eigenvalue weighted by molar-refractivity contribution is 8.15. The van der Waals surface area contributed by atoms with Crippen molar-refractivity contribution in [2.75, 3.05) is 33.4 Å². The van der Waals surface area contributed by atoms with Crippen molar-refractivity contribution in [3.05, 3.63) is 41.6 Å². The van der Waals surface area contributed by atoms with Gasteiger partial charge >= 0.3 is 6.03 Å². The van der Waals surface area contributed by atoms with Crippen LogP contribution in [0, 0.1) is 16.7 Å². The Morgan fingerprint density at radius 3 is 2.81 bits per heavy atom. The van der Waals surface area contributed by atoms with Crippen molar-refractivity contribution in [2.24, 2.45) is 15.4 Å². The molecular weight excluding hydrogens is 426 g/mol. The molecule has 1 aromatic carbocycles. The number of carbonyl (C=O) groups excluding carboxylic acids is 1. The Hall–Kier alpha value is -2.83. The van der Waals surface area contributed by atoms with E-state index >= 15 is 0 Å². The smallest absolute Gasteiger partial charge is 0.323 e. The minimum atomic E-state index is -0.381. The summed E-state index contributed by atoms with van der Waals surface area (Å²) in [4.78, 5) is 24.1. The van der Waals surface area contributed by atoms with Crippen molar-refractivity contribution >= 4 is 34.4 Å². The van der Waals surface area contributed by atoms with Gasteiger partial charge in [-0.3, -0.25) is 5.32 Å². The van der Waals surface area contributed by atoms with E-state index in [0.717, 1.165) is 56.7 Å². The van der Waals surface area contributed by atoms with Gasteiger partial charge in [0.15, 0.2) is 5.17 Å². The molecule has 8 nitrogen and oxygen atoms in total. The minimum absolute atomic E-state index is 0.125. The Morgan fingerprint density at radius 2 is 2.09 bits per heavy atom. The van der Waals surface area contributed by atoms with E-state index in [1.807, 2.05) is 35.2 Å². The number of nitrogens with one attached hydrogen (secondary N) is 1. The molecule has 2 atom stereocenters. The summed E-state index contributed by atoms with van der Waals surface area (Å²) in [6.07, 6.45) is 3.03. The minimum Gasteiger partial charge on any atom is -0.482 e. The number of methoxy groups -OCH3 is 1. The van der Waals surface area contributed by atoms with Gasteiger partial charge in [-0.25, -0.2) is 14.8 Å². The predicted octanol–water partition coefficient (Wildman–Crippen LogP) is 3.03. The summed E-state index contributed by atoms with van der Waals surface area (Å²) in [5.74, 6) is 0.394. The molecule has 0 radical (unpaired) electrons. The summed E-state index contributed by atoms with van der Waals surface area (Å²) in [6, 6.07) is 11.4. The van der Waals surface area contributed by atoms with Crippen molar-refractivity contribution in [3.8, 4) is 6.07 Å². The number of carbonyl (C=O) groups is 1. The first-order valence-corrected chi connectivity index (χ1v) is 11.7. The van der Waals surface area contributed by atoms with E-state index in [1.54, 1.807) is 0 Å². The van der Waals surface area contributed by atoms with Gasteiger partial charge in [0.05, 0.1) is 12.4 Å². The normalized spacial score (nSPS) is 26.3. The van der Waals surface area contributed by atoms with Crippen LogP contribution in [-0.2, 0) is 9.47 Å². The monoisotopic (exact) mass is 451 g/mol. The average molecular weight is 452 g/mol. The third kappa shape index (κ3) is 3.78. The number of hydrogen-bond acceptors (Lipinski definition) is 7. The molecule has 2 saturated heterocycles. The summed E-state index contributed by atoms with van der Waals surface area (Å²) in [5, 5.41) is 13.1. The molecule has 0 aliphatic carbocycles. The summed E-state index contributed by atoms with van der Waals surface area (Å²) >= 11 is 1.45. The lowest BCUT2D eigenvalue weighted by Gasteiger charge is -2.33. The van der Waals surface area contributed by atoms with E-state index in [2.05, 4.69) is 16.4 Å². The predicted molar refractivity (Wildman–Crippen MR) is 123 cm³/mol.